The van der Waals surface area contributed by atoms with Crippen molar-refractivity contribution < 1.29 is 0 Å². The molecule has 0 bridgehead atoms. The summed E-state index contributed by atoms with van der Waals surface area (Å²) in [5, 5.41) is 3.57. The van der Waals surface area contributed by atoms with Crippen LogP contribution in [0.25, 0.3) is 0 Å². The van der Waals surface area contributed by atoms with Crippen LogP contribution in [0.1, 0.15) is 12.0 Å². The lowest BCUT2D eigenvalue weighted by Crippen LogP contribution is -2.41. The molecule has 0 radical (unpaired) electrons. The number of benzene rings is 2. The first kappa shape index (κ1) is 22.9. The normalized spacial score (nSPS) is 16.6. The molecular formula is C22H31IN4S. The van der Waals surface area contributed by atoms with Gasteiger partial charge in [-0.25, -0.2) is 0 Å². The van der Waals surface area contributed by atoms with Crippen molar-refractivity contribution in [3.05, 3.63) is 60.2 Å². The summed E-state index contributed by atoms with van der Waals surface area (Å²) in [5.41, 5.74) is 2.63. The van der Waals surface area contributed by atoms with Crippen LogP contribution in [0.5, 0.6) is 0 Å². The lowest BCUT2D eigenvalue weighted by molar-refractivity contribution is 0.462. The number of rotatable bonds is 6. The lowest BCUT2D eigenvalue weighted by Gasteiger charge is -2.24. The summed E-state index contributed by atoms with van der Waals surface area (Å²) < 4.78 is 0. The zero-order valence-corrected chi connectivity index (χ0v) is 20.1. The molecular weight excluding hydrogens is 479 g/mol. The van der Waals surface area contributed by atoms with Crippen molar-refractivity contribution in [3.63, 3.8) is 0 Å². The van der Waals surface area contributed by atoms with E-state index in [-0.39, 0.29) is 24.0 Å². The topological polar surface area (TPSA) is 30.9 Å². The van der Waals surface area contributed by atoms with Gasteiger partial charge in [0.15, 0.2) is 5.96 Å². The van der Waals surface area contributed by atoms with E-state index in [2.05, 4.69) is 88.0 Å². The predicted molar refractivity (Wildman–Crippen MR) is 133 cm³/mol. The average Bonchev–Trinajstić information content (AvgIpc) is 3.19. The Morgan fingerprint density at radius 2 is 1.89 bits per heavy atom. The van der Waals surface area contributed by atoms with Crippen molar-refractivity contribution in [2.24, 2.45) is 10.9 Å². The van der Waals surface area contributed by atoms with Crippen LogP contribution < -0.4 is 10.2 Å². The molecule has 1 aliphatic rings. The van der Waals surface area contributed by atoms with E-state index >= 15 is 0 Å². The first-order valence-electron chi connectivity index (χ1n) is 9.54. The van der Waals surface area contributed by atoms with Gasteiger partial charge in [0.25, 0.3) is 0 Å². The maximum Gasteiger partial charge on any atom is 0.193 e. The van der Waals surface area contributed by atoms with Gasteiger partial charge in [-0.2, -0.15) is 0 Å². The third-order valence-corrected chi connectivity index (χ3v) is 5.85. The summed E-state index contributed by atoms with van der Waals surface area (Å²) in [6.45, 7) is 4.06. The second kappa shape index (κ2) is 11.6. The third-order valence-electron chi connectivity index (χ3n) is 5.11. The fourth-order valence-corrected chi connectivity index (χ4v) is 3.98. The number of thioether (sulfide) groups is 1. The van der Waals surface area contributed by atoms with E-state index in [0.717, 1.165) is 32.1 Å². The Balaban J connectivity index is 0.00000280. The minimum absolute atomic E-state index is 0. The van der Waals surface area contributed by atoms with Gasteiger partial charge in [-0.15, -0.1) is 35.7 Å². The van der Waals surface area contributed by atoms with Gasteiger partial charge in [-0.05, 0) is 48.4 Å². The van der Waals surface area contributed by atoms with Crippen LogP contribution in [0.2, 0.25) is 0 Å². The largest absolute Gasteiger partial charge is 0.371 e. The fraction of sp³-hybridized carbons (Fsp3) is 0.409. The van der Waals surface area contributed by atoms with Crippen molar-refractivity contribution in [2.75, 3.05) is 44.9 Å². The first-order chi connectivity index (χ1) is 13.2. The van der Waals surface area contributed by atoms with Crippen molar-refractivity contribution in [2.45, 2.75) is 17.9 Å². The minimum Gasteiger partial charge on any atom is -0.371 e. The Morgan fingerprint density at radius 1 is 1.18 bits per heavy atom. The molecule has 0 aliphatic carbocycles. The number of hydrogen-bond donors (Lipinski definition) is 1. The van der Waals surface area contributed by atoms with E-state index in [1.54, 1.807) is 11.8 Å². The molecule has 6 heteroatoms. The molecule has 2 aromatic carbocycles. The quantitative estimate of drug-likeness (QED) is 0.267. The van der Waals surface area contributed by atoms with Crippen molar-refractivity contribution in [1.82, 2.24) is 10.2 Å². The molecule has 28 heavy (non-hydrogen) atoms. The molecule has 4 nitrogen and oxygen atoms in total. The minimum atomic E-state index is 0. The number of hydrogen-bond acceptors (Lipinski definition) is 3. The zero-order chi connectivity index (χ0) is 19.1. The molecule has 0 aromatic heterocycles. The van der Waals surface area contributed by atoms with Crippen LogP contribution in [0.4, 0.5) is 5.69 Å². The van der Waals surface area contributed by atoms with E-state index in [4.69, 9.17) is 0 Å². The van der Waals surface area contributed by atoms with Gasteiger partial charge in [-0.3, -0.25) is 4.99 Å². The second-order valence-corrected chi connectivity index (χ2v) is 7.95. The summed E-state index contributed by atoms with van der Waals surface area (Å²) in [5.74, 6) is 1.61. The number of guanidine groups is 1. The maximum atomic E-state index is 4.47. The Hall–Kier alpha value is -1.41. The van der Waals surface area contributed by atoms with Gasteiger partial charge in [0.05, 0.1) is 0 Å². The van der Waals surface area contributed by atoms with Crippen molar-refractivity contribution in [1.29, 1.82) is 0 Å². The maximum absolute atomic E-state index is 4.47. The molecule has 1 aliphatic heterocycles. The summed E-state index contributed by atoms with van der Waals surface area (Å²) in [4.78, 5) is 10.4. The monoisotopic (exact) mass is 510 g/mol. The highest BCUT2D eigenvalue weighted by molar-refractivity contribution is 14.0. The van der Waals surface area contributed by atoms with Crippen molar-refractivity contribution in [3.8, 4) is 0 Å². The molecule has 2 aromatic rings. The number of para-hydroxylation sites is 1. The highest BCUT2D eigenvalue weighted by atomic mass is 127. The fourth-order valence-electron chi connectivity index (χ4n) is 3.57. The molecule has 1 atom stereocenters. The van der Waals surface area contributed by atoms with Gasteiger partial charge in [0.2, 0.25) is 0 Å². The molecule has 1 heterocycles. The van der Waals surface area contributed by atoms with E-state index in [1.165, 1.54) is 22.6 Å². The van der Waals surface area contributed by atoms with Crippen LogP contribution in [-0.4, -0.2) is 50.8 Å². The Kier molecular flexibility index (Phi) is 9.44. The van der Waals surface area contributed by atoms with Crippen LogP contribution in [-0.2, 0) is 6.54 Å². The molecule has 0 saturated carbocycles. The van der Waals surface area contributed by atoms with Gasteiger partial charge in [0.1, 0.15) is 0 Å². The molecule has 1 saturated heterocycles. The van der Waals surface area contributed by atoms with Gasteiger partial charge < -0.3 is 15.1 Å². The van der Waals surface area contributed by atoms with E-state index in [9.17, 15) is 0 Å². The molecule has 0 amide bonds. The lowest BCUT2D eigenvalue weighted by atomic mass is 10.1. The standard InChI is InChI=1S/C22H30N4S.HI/c1-23-22(25(2)16-18-9-11-21(27-3)12-10-18)24-15-19-13-14-26(17-19)20-7-5-4-6-8-20;/h4-12,19H,13-17H2,1-3H3,(H,23,24);1H. The van der Waals surface area contributed by atoms with Gasteiger partial charge in [0, 0.05) is 50.9 Å². The summed E-state index contributed by atoms with van der Waals surface area (Å²) in [6.07, 6.45) is 3.33. The summed E-state index contributed by atoms with van der Waals surface area (Å²) in [7, 11) is 3.96. The first-order valence-corrected chi connectivity index (χ1v) is 10.8. The van der Waals surface area contributed by atoms with Crippen molar-refractivity contribution >= 4 is 47.4 Å². The van der Waals surface area contributed by atoms with Crippen LogP contribution in [0.3, 0.4) is 0 Å². The number of nitrogens with zero attached hydrogens (tertiary/aromatic N) is 3. The Morgan fingerprint density at radius 3 is 2.54 bits per heavy atom. The summed E-state index contributed by atoms with van der Waals surface area (Å²) in [6, 6.07) is 19.5. The number of anilines is 1. The number of halogens is 1. The molecule has 1 unspecified atom stereocenters. The highest BCUT2D eigenvalue weighted by Gasteiger charge is 2.23. The number of aliphatic imine (C=N–C) groups is 1. The molecule has 1 fully saturated rings. The smallest absolute Gasteiger partial charge is 0.193 e. The predicted octanol–water partition coefficient (Wildman–Crippen LogP) is 4.56. The Labute approximate surface area is 190 Å². The SMILES string of the molecule is CN=C(NCC1CCN(c2ccccc2)C1)N(C)Cc1ccc(SC)cc1.I. The van der Waals surface area contributed by atoms with E-state index < -0.39 is 0 Å². The van der Waals surface area contributed by atoms with E-state index in [0.29, 0.717) is 5.92 Å². The highest BCUT2D eigenvalue weighted by Crippen LogP contribution is 2.23. The summed E-state index contributed by atoms with van der Waals surface area (Å²) >= 11 is 1.77. The molecule has 3 rings (SSSR count). The zero-order valence-electron chi connectivity index (χ0n) is 17.0. The van der Waals surface area contributed by atoms with Crippen LogP contribution in [0, 0.1) is 5.92 Å². The van der Waals surface area contributed by atoms with Gasteiger partial charge in [-0.1, -0.05) is 30.3 Å². The average molecular weight is 510 g/mol. The van der Waals surface area contributed by atoms with Gasteiger partial charge >= 0.3 is 0 Å². The van der Waals surface area contributed by atoms with Crippen LogP contribution >= 0.6 is 35.7 Å². The number of nitrogens with one attached hydrogen (secondary N) is 1. The van der Waals surface area contributed by atoms with Crippen LogP contribution in [0.15, 0.2) is 64.5 Å². The molecule has 152 valence electrons. The molecule has 1 N–H and O–H groups in total. The molecule has 0 spiro atoms. The third kappa shape index (κ3) is 6.30. The van der Waals surface area contributed by atoms with E-state index in [1.807, 2.05) is 7.05 Å². The second-order valence-electron chi connectivity index (χ2n) is 7.07. The Bertz CT molecular complexity index is 736.